The van der Waals surface area contributed by atoms with Crippen LogP contribution in [-0.2, 0) is 14.3 Å². The van der Waals surface area contributed by atoms with Gasteiger partial charge < -0.3 is 35.4 Å². The van der Waals surface area contributed by atoms with Crippen molar-refractivity contribution in [1.29, 1.82) is 0 Å². The molecule has 2 heterocycles. The van der Waals surface area contributed by atoms with Crippen LogP contribution in [0.15, 0.2) is 0 Å². The molecule has 0 aromatic rings. The number of ether oxygens (including phenoxy) is 2. The van der Waals surface area contributed by atoms with Crippen molar-refractivity contribution in [2.75, 3.05) is 13.2 Å². The number of hydrogen-bond donors (Lipinski definition) is 5. The molecule has 0 spiro atoms. The van der Waals surface area contributed by atoms with Gasteiger partial charge in [0, 0.05) is 6.61 Å². The van der Waals surface area contributed by atoms with Gasteiger partial charge in [0.05, 0.1) is 24.3 Å². The minimum atomic E-state index is -1.31. The second kappa shape index (κ2) is 9.36. The summed E-state index contributed by atoms with van der Waals surface area (Å²) in [7, 11) is 0. The van der Waals surface area contributed by atoms with Crippen molar-refractivity contribution in [3.63, 3.8) is 0 Å². The number of aliphatic hydroxyl groups excluding tert-OH is 3. The maximum Gasteiger partial charge on any atom is 0.237 e. The largest absolute Gasteiger partial charge is 0.388 e. The normalized spacial score (nSPS) is 40.3. The van der Waals surface area contributed by atoms with Gasteiger partial charge in [-0.25, -0.2) is 0 Å². The Kier molecular flexibility index (Phi) is 7.33. The fourth-order valence-corrected chi connectivity index (χ4v) is 4.06. The maximum absolute atomic E-state index is 12.9. The Morgan fingerprint density at radius 3 is 2.54 bits per heavy atom. The molecular formula is C20H36N2O6. The molecule has 1 saturated carbocycles. The lowest BCUT2D eigenvalue weighted by Gasteiger charge is -2.44. The van der Waals surface area contributed by atoms with E-state index in [9.17, 15) is 20.1 Å². The van der Waals surface area contributed by atoms with E-state index in [0.29, 0.717) is 12.3 Å². The highest BCUT2D eigenvalue weighted by Crippen LogP contribution is 2.30. The SMILES string of the molecule is CC(C)[C@@H](NC(=O)[C@@H]1CC(OCC2CC2)CCN1)[C@H]1O[C@H](C)[C@H](O)[C@@H](O)[C@H]1O. The molecule has 1 amide bonds. The first-order valence-corrected chi connectivity index (χ1v) is 10.6. The summed E-state index contributed by atoms with van der Waals surface area (Å²) in [5.74, 6) is 0.521. The Balaban J connectivity index is 1.59. The van der Waals surface area contributed by atoms with Crippen LogP contribution >= 0.6 is 0 Å². The van der Waals surface area contributed by atoms with Gasteiger partial charge in [0.15, 0.2) is 0 Å². The van der Waals surface area contributed by atoms with Crippen LogP contribution in [0.5, 0.6) is 0 Å². The molecule has 8 atom stereocenters. The molecular weight excluding hydrogens is 364 g/mol. The van der Waals surface area contributed by atoms with E-state index in [4.69, 9.17) is 9.47 Å². The van der Waals surface area contributed by atoms with Crippen LogP contribution in [0.2, 0.25) is 0 Å². The Morgan fingerprint density at radius 1 is 1.18 bits per heavy atom. The highest BCUT2D eigenvalue weighted by molar-refractivity contribution is 5.82. The van der Waals surface area contributed by atoms with Gasteiger partial charge in [0.1, 0.15) is 24.4 Å². The van der Waals surface area contributed by atoms with E-state index < -0.39 is 36.6 Å². The maximum atomic E-state index is 12.9. The second-order valence-corrected chi connectivity index (χ2v) is 8.99. The number of carbonyl (C=O) groups excluding carboxylic acids is 1. The fourth-order valence-electron chi connectivity index (χ4n) is 4.06. The molecule has 2 aliphatic heterocycles. The highest BCUT2D eigenvalue weighted by Gasteiger charge is 2.46. The first-order valence-electron chi connectivity index (χ1n) is 10.6. The molecule has 2 saturated heterocycles. The van der Waals surface area contributed by atoms with Crippen LogP contribution in [0.25, 0.3) is 0 Å². The third-order valence-corrected chi connectivity index (χ3v) is 6.21. The van der Waals surface area contributed by atoms with Crippen LogP contribution in [0.4, 0.5) is 0 Å². The molecule has 1 aliphatic carbocycles. The van der Waals surface area contributed by atoms with E-state index in [2.05, 4.69) is 10.6 Å². The summed E-state index contributed by atoms with van der Waals surface area (Å²) in [5, 5.41) is 36.7. The number of hydrogen-bond acceptors (Lipinski definition) is 7. The van der Waals surface area contributed by atoms with E-state index in [-0.39, 0.29) is 24.0 Å². The van der Waals surface area contributed by atoms with Crippen molar-refractivity contribution >= 4 is 5.91 Å². The molecule has 8 heteroatoms. The predicted octanol–water partition coefficient (Wildman–Crippen LogP) is -0.456. The van der Waals surface area contributed by atoms with E-state index in [0.717, 1.165) is 19.6 Å². The van der Waals surface area contributed by atoms with Crippen molar-refractivity contribution in [2.24, 2.45) is 11.8 Å². The summed E-state index contributed by atoms with van der Waals surface area (Å²) < 4.78 is 11.7. The number of piperidine rings is 1. The lowest BCUT2D eigenvalue weighted by Crippen LogP contribution is -2.65. The summed E-state index contributed by atoms with van der Waals surface area (Å²) in [6.07, 6.45) is -1.06. The highest BCUT2D eigenvalue weighted by atomic mass is 16.5. The molecule has 0 bridgehead atoms. The first kappa shape index (κ1) is 21.9. The summed E-state index contributed by atoms with van der Waals surface area (Å²) in [5.41, 5.74) is 0. The molecule has 0 aromatic carbocycles. The molecule has 3 aliphatic rings. The van der Waals surface area contributed by atoms with Gasteiger partial charge in [-0.05, 0) is 51.0 Å². The smallest absolute Gasteiger partial charge is 0.237 e. The summed E-state index contributed by atoms with van der Waals surface area (Å²) in [6, 6.07) is -0.838. The zero-order valence-electron chi connectivity index (χ0n) is 17.1. The fraction of sp³-hybridized carbons (Fsp3) is 0.950. The van der Waals surface area contributed by atoms with Crippen molar-refractivity contribution in [3.8, 4) is 0 Å². The third-order valence-electron chi connectivity index (χ3n) is 6.21. The van der Waals surface area contributed by atoms with Gasteiger partial charge in [-0.1, -0.05) is 13.8 Å². The molecule has 8 nitrogen and oxygen atoms in total. The number of aliphatic hydroxyl groups is 3. The zero-order valence-corrected chi connectivity index (χ0v) is 17.1. The van der Waals surface area contributed by atoms with Crippen LogP contribution in [0.3, 0.4) is 0 Å². The third kappa shape index (κ3) is 5.23. The average Bonchev–Trinajstić information content (AvgIpc) is 3.50. The topological polar surface area (TPSA) is 120 Å². The number of rotatable bonds is 7. The molecule has 5 N–H and O–H groups in total. The van der Waals surface area contributed by atoms with Crippen molar-refractivity contribution in [3.05, 3.63) is 0 Å². The van der Waals surface area contributed by atoms with Crippen LogP contribution < -0.4 is 10.6 Å². The van der Waals surface area contributed by atoms with Gasteiger partial charge in [-0.15, -0.1) is 0 Å². The molecule has 3 rings (SSSR count). The van der Waals surface area contributed by atoms with E-state index >= 15 is 0 Å². The predicted molar refractivity (Wildman–Crippen MR) is 103 cm³/mol. The van der Waals surface area contributed by atoms with Gasteiger partial charge in [-0.3, -0.25) is 4.79 Å². The van der Waals surface area contributed by atoms with E-state index in [1.807, 2.05) is 13.8 Å². The lowest BCUT2D eigenvalue weighted by molar-refractivity contribution is -0.226. The van der Waals surface area contributed by atoms with Gasteiger partial charge in [0.25, 0.3) is 0 Å². The van der Waals surface area contributed by atoms with E-state index in [1.165, 1.54) is 12.8 Å². The summed E-state index contributed by atoms with van der Waals surface area (Å²) in [4.78, 5) is 12.9. The van der Waals surface area contributed by atoms with Crippen molar-refractivity contribution in [1.82, 2.24) is 10.6 Å². The van der Waals surface area contributed by atoms with Gasteiger partial charge in [-0.2, -0.15) is 0 Å². The standard InChI is InChI=1S/C20H36N2O6/c1-10(2)15(19-18(25)17(24)16(23)11(3)28-19)22-20(26)14-8-13(6-7-21-14)27-9-12-4-5-12/h10-19,21,23-25H,4-9H2,1-3H3,(H,22,26)/t11-,13?,14+,15-,16+,17-,18-,19-/m1/s1. The van der Waals surface area contributed by atoms with Crippen LogP contribution in [-0.4, -0.2) is 83.1 Å². The van der Waals surface area contributed by atoms with Gasteiger partial charge >= 0.3 is 0 Å². The van der Waals surface area contributed by atoms with Crippen LogP contribution in [0, 0.1) is 11.8 Å². The van der Waals surface area contributed by atoms with Crippen molar-refractivity contribution < 1.29 is 29.6 Å². The number of carbonyl (C=O) groups is 1. The number of nitrogens with one attached hydrogen (secondary N) is 2. The van der Waals surface area contributed by atoms with Gasteiger partial charge in [0.2, 0.25) is 5.91 Å². The first-order chi connectivity index (χ1) is 13.3. The minimum Gasteiger partial charge on any atom is -0.388 e. The van der Waals surface area contributed by atoms with E-state index in [1.54, 1.807) is 6.92 Å². The average molecular weight is 401 g/mol. The Morgan fingerprint density at radius 2 is 1.89 bits per heavy atom. The van der Waals surface area contributed by atoms with Crippen molar-refractivity contribution in [2.45, 2.75) is 95.2 Å². The number of amides is 1. The summed E-state index contributed by atoms with van der Waals surface area (Å²) in [6.45, 7) is 7.02. The summed E-state index contributed by atoms with van der Waals surface area (Å²) >= 11 is 0. The Hall–Kier alpha value is -0.770. The zero-order chi connectivity index (χ0) is 20.4. The molecule has 28 heavy (non-hydrogen) atoms. The minimum absolute atomic E-state index is 0.0243. The Bertz CT molecular complexity index is 529. The lowest BCUT2D eigenvalue weighted by atomic mass is 9.87. The Labute approximate surface area is 167 Å². The second-order valence-electron chi connectivity index (χ2n) is 8.99. The molecule has 0 aromatic heterocycles. The monoisotopic (exact) mass is 400 g/mol. The molecule has 3 fully saturated rings. The quantitative estimate of drug-likeness (QED) is 0.392. The van der Waals surface area contributed by atoms with Crippen LogP contribution in [0.1, 0.15) is 46.5 Å². The molecule has 1 unspecified atom stereocenters. The molecule has 162 valence electrons. The molecule has 0 radical (unpaired) electrons.